The number of nitro benzene ring substituents is 1. The number of methoxy groups -OCH3 is 1. The third-order valence-electron chi connectivity index (χ3n) is 4.08. The van der Waals surface area contributed by atoms with Crippen LogP contribution in [0.1, 0.15) is 12.0 Å². The Morgan fingerprint density at radius 2 is 1.83 bits per heavy atom. The normalized spacial score (nSPS) is 12.0. The molecule has 1 amide bonds. The first-order valence-corrected chi connectivity index (χ1v) is 10.3. The van der Waals surface area contributed by atoms with Gasteiger partial charge in [-0.05, 0) is 24.1 Å². The molecule has 0 heterocycles. The fourth-order valence-electron chi connectivity index (χ4n) is 2.62. The molecule has 2 aromatic carbocycles. The fraction of sp³-hybridized carbons (Fsp3) is 0.263. The van der Waals surface area contributed by atoms with Gasteiger partial charge in [-0.2, -0.15) is 0 Å². The lowest BCUT2D eigenvalue weighted by Gasteiger charge is -2.16. The predicted octanol–water partition coefficient (Wildman–Crippen LogP) is 1.66. The first-order chi connectivity index (χ1) is 13.7. The molecule has 1 atom stereocenters. The quantitative estimate of drug-likeness (QED) is 0.370. The van der Waals surface area contributed by atoms with Crippen molar-refractivity contribution in [3.63, 3.8) is 0 Å². The summed E-state index contributed by atoms with van der Waals surface area (Å²) in [6, 6.07) is 12.1. The van der Waals surface area contributed by atoms with Crippen LogP contribution in [0.4, 0.5) is 5.69 Å². The van der Waals surface area contributed by atoms with Crippen molar-refractivity contribution in [1.82, 2.24) is 5.32 Å². The Morgan fingerprint density at radius 1 is 1.14 bits per heavy atom. The smallest absolute Gasteiger partial charge is 0.328 e. The molecule has 154 valence electrons. The number of nitro groups is 1. The van der Waals surface area contributed by atoms with Crippen LogP contribution in [0.25, 0.3) is 0 Å². The highest BCUT2D eigenvalue weighted by molar-refractivity contribution is 7.91. The van der Waals surface area contributed by atoms with Crippen molar-refractivity contribution < 1.29 is 27.7 Å². The number of esters is 1. The number of non-ortho nitro benzene ring substituents is 1. The van der Waals surface area contributed by atoms with Gasteiger partial charge in [0.05, 0.1) is 29.1 Å². The number of sulfone groups is 1. The van der Waals surface area contributed by atoms with E-state index in [1.165, 1.54) is 30.3 Å². The molecule has 0 aliphatic heterocycles. The van der Waals surface area contributed by atoms with E-state index in [1.807, 2.05) is 0 Å². The Balaban J connectivity index is 2.05. The molecule has 0 aromatic heterocycles. The molecule has 9 nitrogen and oxygen atoms in total. The number of amides is 1. The highest BCUT2D eigenvalue weighted by Gasteiger charge is 2.25. The Labute approximate surface area is 167 Å². The van der Waals surface area contributed by atoms with E-state index in [4.69, 9.17) is 0 Å². The van der Waals surface area contributed by atoms with E-state index in [2.05, 4.69) is 10.1 Å². The molecule has 10 heteroatoms. The van der Waals surface area contributed by atoms with Crippen molar-refractivity contribution in [3.8, 4) is 0 Å². The van der Waals surface area contributed by atoms with Crippen LogP contribution in [0.5, 0.6) is 0 Å². The summed E-state index contributed by atoms with van der Waals surface area (Å²) in [5, 5.41) is 13.3. The minimum atomic E-state index is -3.64. The molecular formula is C19H20N2O7S. The second-order valence-electron chi connectivity index (χ2n) is 6.17. The van der Waals surface area contributed by atoms with Gasteiger partial charge < -0.3 is 10.1 Å². The van der Waals surface area contributed by atoms with E-state index in [0.29, 0.717) is 5.56 Å². The number of carbonyl (C=O) groups excluding carboxylic acids is 2. The van der Waals surface area contributed by atoms with Gasteiger partial charge >= 0.3 is 5.97 Å². The summed E-state index contributed by atoms with van der Waals surface area (Å²) >= 11 is 0. The molecule has 29 heavy (non-hydrogen) atoms. The molecule has 0 radical (unpaired) electrons. The topological polar surface area (TPSA) is 133 Å². The number of benzene rings is 2. The maximum Gasteiger partial charge on any atom is 0.328 e. The van der Waals surface area contributed by atoms with Gasteiger partial charge in [0, 0.05) is 12.1 Å². The van der Waals surface area contributed by atoms with Crippen LogP contribution in [0.15, 0.2) is 59.5 Å². The average Bonchev–Trinajstić information content (AvgIpc) is 2.71. The molecule has 0 fully saturated rings. The number of ether oxygens (including phenoxy) is 1. The Hall–Kier alpha value is -3.27. The van der Waals surface area contributed by atoms with E-state index in [-0.39, 0.29) is 29.2 Å². The number of hydrogen-bond donors (Lipinski definition) is 1. The van der Waals surface area contributed by atoms with E-state index in [0.717, 1.165) is 7.11 Å². The van der Waals surface area contributed by atoms with Crippen LogP contribution >= 0.6 is 0 Å². The third kappa shape index (κ3) is 6.39. The van der Waals surface area contributed by atoms with Crippen molar-refractivity contribution in [1.29, 1.82) is 0 Å². The van der Waals surface area contributed by atoms with Gasteiger partial charge in [-0.1, -0.05) is 30.3 Å². The fourth-order valence-corrected chi connectivity index (χ4v) is 3.97. The van der Waals surface area contributed by atoms with Crippen LogP contribution < -0.4 is 5.32 Å². The predicted molar refractivity (Wildman–Crippen MR) is 104 cm³/mol. The van der Waals surface area contributed by atoms with Gasteiger partial charge in [0.2, 0.25) is 5.91 Å². The van der Waals surface area contributed by atoms with Crippen LogP contribution in [-0.4, -0.2) is 44.1 Å². The lowest BCUT2D eigenvalue weighted by Crippen LogP contribution is -2.43. The third-order valence-corrected chi connectivity index (χ3v) is 5.85. The van der Waals surface area contributed by atoms with Gasteiger partial charge in [0.25, 0.3) is 5.69 Å². The van der Waals surface area contributed by atoms with Gasteiger partial charge in [-0.3, -0.25) is 14.9 Å². The van der Waals surface area contributed by atoms with E-state index < -0.39 is 32.7 Å². The maximum atomic E-state index is 12.4. The van der Waals surface area contributed by atoms with Gasteiger partial charge in [-0.25, -0.2) is 13.2 Å². The molecule has 2 rings (SSSR count). The van der Waals surface area contributed by atoms with Crippen LogP contribution in [0.2, 0.25) is 0 Å². The number of nitrogens with one attached hydrogen (secondary N) is 1. The molecule has 0 spiro atoms. The molecule has 0 aliphatic rings. The standard InChI is InChI=1S/C19H20N2O7S/c1-28-19(23)17(10-11-29(26,27)16-8-3-2-4-9-16)20-18(22)13-14-6-5-7-15(12-14)21(24)25/h2-9,12,17H,10-11,13H2,1H3,(H,20,22)/t17-/m0/s1. The Kier molecular flexibility index (Phi) is 7.43. The Bertz CT molecular complexity index is 991. The highest BCUT2D eigenvalue weighted by atomic mass is 32.2. The highest BCUT2D eigenvalue weighted by Crippen LogP contribution is 2.15. The summed E-state index contributed by atoms with van der Waals surface area (Å²) in [7, 11) is -2.51. The number of carbonyl (C=O) groups is 2. The summed E-state index contributed by atoms with van der Waals surface area (Å²) < 4.78 is 29.4. The summed E-state index contributed by atoms with van der Waals surface area (Å²) in [5.41, 5.74) is 0.228. The van der Waals surface area contributed by atoms with E-state index in [9.17, 15) is 28.1 Å². The largest absolute Gasteiger partial charge is 0.467 e. The molecule has 0 aliphatic carbocycles. The summed E-state index contributed by atoms with van der Waals surface area (Å²) in [4.78, 5) is 34.6. The SMILES string of the molecule is COC(=O)[C@H](CCS(=O)(=O)c1ccccc1)NC(=O)Cc1cccc([N+](=O)[O-])c1. The zero-order valence-electron chi connectivity index (χ0n) is 15.6. The first kappa shape index (κ1) is 22.0. The molecule has 1 N–H and O–H groups in total. The lowest BCUT2D eigenvalue weighted by atomic mass is 10.1. The van der Waals surface area contributed by atoms with Gasteiger partial charge in [0.1, 0.15) is 6.04 Å². The summed E-state index contributed by atoms with van der Waals surface area (Å²) in [5.74, 6) is -1.73. The van der Waals surface area contributed by atoms with Crippen molar-refractivity contribution in [2.45, 2.75) is 23.8 Å². The van der Waals surface area contributed by atoms with E-state index in [1.54, 1.807) is 24.3 Å². The second-order valence-corrected chi connectivity index (χ2v) is 8.28. The summed E-state index contributed by atoms with van der Waals surface area (Å²) in [6.07, 6.45) is -0.384. The van der Waals surface area contributed by atoms with Gasteiger partial charge in [-0.15, -0.1) is 0 Å². The molecular weight excluding hydrogens is 400 g/mol. The minimum absolute atomic E-state index is 0.117. The number of hydrogen-bond acceptors (Lipinski definition) is 7. The van der Waals surface area contributed by atoms with Crippen molar-refractivity contribution >= 4 is 27.4 Å². The minimum Gasteiger partial charge on any atom is -0.467 e. The Morgan fingerprint density at radius 3 is 2.45 bits per heavy atom. The van der Waals surface area contributed by atoms with Crippen molar-refractivity contribution in [2.24, 2.45) is 0 Å². The first-order valence-electron chi connectivity index (χ1n) is 8.61. The zero-order chi connectivity index (χ0) is 21.4. The molecule has 0 saturated heterocycles. The van der Waals surface area contributed by atoms with E-state index >= 15 is 0 Å². The number of rotatable bonds is 9. The number of nitrogens with zero attached hydrogens (tertiary/aromatic N) is 1. The maximum absolute atomic E-state index is 12.4. The average molecular weight is 420 g/mol. The van der Waals surface area contributed by atoms with Crippen LogP contribution in [0.3, 0.4) is 0 Å². The molecule has 0 saturated carbocycles. The molecule has 2 aromatic rings. The van der Waals surface area contributed by atoms with Crippen LogP contribution in [0, 0.1) is 10.1 Å². The van der Waals surface area contributed by atoms with Gasteiger partial charge in [0.15, 0.2) is 9.84 Å². The lowest BCUT2D eigenvalue weighted by molar-refractivity contribution is -0.384. The van der Waals surface area contributed by atoms with Crippen molar-refractivity contribution in [2.75, 3.05) is 12.9 Å². The van der Waals surface area contributed by atoms with Crippen molar-refractivity contribution in [3.05, 3.63) is 70.3 Å². The molecule has 0 unspecified atom stereocenters. The monoisotopic (exact) mass is 420 g/mol. The summed E-state index contributed by atoms with van der Waals surface area (Å²) in [6.45, 7) is 0. The zero-order valence-corrected chi connectivity index (χ0v) is 16.4. The molecule has 0 bridgehead atoms. The second kappa shape index (κ2) is 9.78. The van der Waals surface area contributed by atoms with Crippen LogP contribution in [-0.2, 0) is 30.6 Å².